The first kappa shape index (κ1) is 8.90. The highest BCUT2D eigenvalue weighted by molar-refractivity contribution is 5.01. The lowest BCUT2D eigenvalue weighted by molar-refractivity contribution is 0.373. The number of aromatic nitrogens is 3. The van der Waals surface area contributed by atoms with Crippen LogP contribution in [0.5, 0.6) is 6.01 Å². The van der Waals surface area contributed by atoms with Crippen LogP contribution < -0.4 is 4.74 Å². The molecule has 4 heteroatoms. The summed E-state index contributed by atoms with van der Waals surface area (Å²) in [6.07, 6.45) is 1.62. The molecule has 4 nitrogen and oxygen atoms in total. The molecule has 1 heterocycles. The van der Waals surface area contributed by atoms with Crippen molar-refractivity contribution in [2.24, 2.45) is 0 Å². The number of hydrogen-bond donors (Lipinski definition) is 0. The summed E-state index contributed by atoms with van der Waals surface area (Å²) in [6, 6.07) is 0.415. The Morgan fingerprint density at radius 2 is 1.50 bits per heavy atom. The van der Waals surface area contributed by atoms with Crippen molar-refractivity contribution in [1.29, 1.82) is 0 Å². The zero-order valence-electron chi connectivity index (χ0n) is 7.66. The summed E-state index contributed by atoms with van der Waals surface area (Å²) >= 11 is 0. The highest BCUT2D eigenvalue weighted by Gasteiger charge is 2.02. The van der Waals surface area contributed by atoms with Gasteiger partial charge in [-0.1, -0.05) is 13.8 Å². The van der Waals surface area contributed by atoms with E-state index >= 15 is 0 Å². The summed E-state index contributed by atoms with van der Waals surface area (Å²) < 4.78 is 4.94. The molecule has 1 aromatic heterocycles. The third-order valence-corrected chi connectivity index (χ3v) is 1.52. The summed E-state index contributed by atoms with van der Waals surface area (Å²) in [7, 11) is 1.56. The maximum atomic E-state index is 4.94. The molecule has 0 saturated carbocycles. The number of ether oxygens (including phenoxy) is 1. The van der Waals surface area contributed by atoms with Crippen molar-refractivity contribution >= 4 is 0 Å². The van der Waals surface area contributed by atoms with Gasteiger partial charge in [0.05, 0.1) is 7.11 Å². The Kier molecular flexibility index (Phi) is 2.96. The quantitative estimate of drug-likeness (QED) is 0.674. The van der Waals surface area contributed by atoms with Gasteiger partial charge in [-0.25, -0.2) is 4.98 Å². The van der Waals surface area contributed by atoms with Crippen molar-refractivity contribution in [1.82, 2.24) is 15.0 Å². The fourth-order valence-electron chi connectivity index (χ4n) is 0.852. The van der Waals surface area contributed by atoms with Crippen LogP contribution in [0.2, 0.25) is 0 Å². The average Bonchev–Trinajstić information content (AvgIpc) is 2.16. The van der Waals surface area contributed by atoms with Crippen molar-refractivity contribution in [2.75, 3.05) is 7.11 Å². The molecule has 0 unspecified atom stereocenters. The molecule has 66 valence electrons. The van der Waals surface area contributed by atoms with E-state index in [1.54, 1.807) is 7.11 Å². The minimum Gasteiger partial charge on any atom is -0.467 e. The zero-order valence-corrected chi connectivity index (χ0v) is 7.66. The Bertz CT molecular complexity index is 207. The minimum atomic E-state index is 0.415. The molecule has 12 heavy (non-hydrogen) atoms. The van der Waals surface area contributed by atoms with E-state index in [1.165, 1.54) is 0 Å². The third-order valence-electron chi connectivity index (χ3n) is 1.52. The molecular weight excluding hydrogens is 154 g/mol. The lowest BCUT2D eigenvalue weighted by Gasteiger charge is -2.02. The molecule has 1 aromatic rings. The van der Waals surface area contributed by atoms with Gasteiger partial charge >= 0.3 is 6.01 Å². The van der Waals surface area contributed by atoms with Crippen molar-refractivity contribution in [3.63, 3.8) is 0 Å². The molecular formula is C8H13N3O. The van der Waals surface area contributed by atoms with Gasteiger partial charge in [0.25, 0.3) is 0 Å². The summed E-state index contributed by atoms with van der Waals surface area (Å²) in [5, 5.41) is 0. The summed E-state index contributed by atoms with van der Waals surface area (Å²) in [5.74, 6) is 1.58. The molecule has 0 aliphatic heterocycles. The van der Waals surface area contributed by atoms with Crippen LogP contribution in [0.25, 0.3) is 0 Å². The number of rotatable bonds is 3. The van der Waals surface area contributed by atoms with Gasteiger partial charge in [-0.15, -0.1) is 0 Å². The molecule has 0 N–H and O–H groups in total. The van der Waals surface area contributed by atoms with Crippen LogP contribution >= 0.6 is 0 Å². The van der Waals surface area contributed by atoms with E-state index in [2.05, 4.69) is 15.0 Å². The molecule has 0 radical (unpaired) electrons. The Hall–Kier alpha value is -1.19. The maximum absolute atomic E-state index is 4.94. The maximum Gasteiger partial charge on any atom is 0.319 e. The van der Waals surface area contributed by atoms with E-state index < -0.39 is 0 Å². The average molecular weight is 167 g/mol. The third kappa shape index (κ3) is 1.90. The van der Waals surface area contributed by atoms with Gasteiger partial charge < -0.3 is 4.74 Å². The normalized spacial score (nSPS) is 9.92. The fourth-order valence-corrected chi connectivity index (χ4v) is 0.852. The second-order valence-corrected chi connectivity index (χ2v) is 2.36. The molecule has 0 amide bonds. The molecule has 0 atom stereocenters. The number of aryl methyl sites for hydroxylation is 2. The molecule has 0 aliphatic carbocycles. The molecule has 0 saturated heterocycles. The second-order valence-electron chi connectivity index (χ2n) is 2.36. The Morgan fingerprint density at radius 1 is 1.00 bits per heavy atom. The predicted octanol–water partition coefficient (Wildman–Crippen LogP) is 1.00. The topological polar surface area (TPSA) is 47.9 Å². The Balaban J connectivity index is 3.01. The van der Waals surface area contributed by atoms with E-state index in [0.29, 0.717) is 6.01 Å². The van der Waals surface area contributed by atoms with Crippen LogP contribution in [-0.4, -0.2) is 22.1 Å². The smallest absolute Gasteiger partial charge is 0.319 e. The Morgan fingerprint density at radius 3 is 1.83 bits per heavy atom. The first-order valence-corrected chi connectivity index (χ1v) is 4.08. The van der Waals surface area contributed by atoms with E-state index in [4.69, 9.17) is 4.74 Å². The van der Waals surface area contributed by atoms with Gasteiger partial charge in [0, 0.05) is 12.8 Å². The van der Waals surface area contributed by atoms with Crippen molar-refractivity contribution in [2.45, 2.75) is 26.7 Å². The second kappa shape index (κ2) is 3.99. The highest BCUT2D eigenvalue weighted by atomic mass is 16.5. The van der Waals surface area contributed by atoms with Gasteiger partial charge in [0.15, 0.2) is 0 Å². The van der Waals surface area contributed by atoms with E-state index in [0.717, 1.165) is 24.5 Å². The van der Waals surface area contributed by atoms with Crippen molar-refractivity contribution < 1.29 is 4.74 Å². The first-order valence-electron chi connectivity index (χ1n) is 4.08. The van der Waals surface area contributed by atoms with E-state index in [-0.39, 0.29) is 0 Å². The van der Waals surface area contributed by atoms with Gasteiger partial charge in [-0.2, -0.15) is 9.97 Å². The number of hydrogen-bond acceptors (Lipinski definition) is 4. The minimum absolute atomic E-state index is 0.415. The van der Waals surface area contributed by atoms with Crippen molar-refractivity contribution in [3.8, 4) is 6.01 Å². The molecule has 0 fully saturated rings. The SMILES string of the molecule is CCc1nc(CC)nc(OC)n1. The van der Waals surface area contributed by atoms with Crippen LogP contribution in [0, 0.1) is 0 Å². The molecule has 0 aliphatic rings. The monoisotopic (exact) mass is 167 g/mol. The van der Waals surface area contributed by atoms with Crippen molar-refractivity contribution in [3.05, 3.63) is 11.6 Å². The van der Waals surface area contributed by atoms with Crippen LogP contribution in [0.4, 0.5) is 0 Å². The van der Waals surface area contributed by atoms with Crippen LogP contribution in [0.3, 0.4) is 0 Å². The summed E-state index contributed by atoms with van der Waals surface area (Å²) in [6.45, 7) is 4.02. The summed E-state index contributed by atoms with van der Waals surface area (Å²) in [5.41, 5.74) is 0. The van der Waals surface area contributed by atoms with E-state index in [9.17, 15) is 0 Å². The van der Waals surface area contributed by atoms with Gasteiger partial charge in [-0.3, -0.25) is 0 Å². The van der Waals surface area contributed by atoms with Gasteiger partial charge in [-0.05, 0) is 0 Å². The van der Waals surface area contributed by atoms with Crippen LogP contribution in [-0.2, 0) is 12.8 Å². The lowest BCUT2D eigenvalue weighted by atomic mass is 10.4. The van der Waals surface area contributed by atoms with E-state index in [1.807, 2.05) is 13.8 Å². The molecule has 0 aromatic carbocycles. The van der Waals surface area contributed by atoms with Crippen LogP contribution in [0.15, 0.2) is 0 Å². The number of nitrogens with zero attached hydrogens (tertiary/aromatic N) is 3. The standard InChI is InChI=1S/C8H13N3O/c1-4-6-9-7(5-2)11-8(10-6)12-3/h4-5H2,1-3H3. The first-order chi connectivity index (χ1) is 5.80. The Labute approximate surface area is 72.0 Å². The molecule has 0 spiro atoms. The number of methoxy groups -OCH3 is 1. The predicted molar refractivity (Wildman–Crippen MR) is 45.1 cm³/mol. The largest absolute Gasteiger partial charge is 0.467 e. The lowest BCUT2D eigenvalue weighted by Crippen LogP contribution is -2.03. The molecule has 0 bridgehead atoms. The molecule has 1 rings (SSSR count). The zero-order chi connectivity index (χ0) is 8.97. The summed E-state index contributed by atoms with van der Waals surface area (Å²) in [4.78, 5) is 12.4. The highest BCUT2D eigenvalue weighted by Crippen LogP contribution is 2.03. The van der Waals surface area contributed by atoms with Gasteiger partial charge in [0.2, 0.25) is 0 Å². The van der Waals surface area contributed by atoms with Crippen LogP contribution in [0.1, 0.15) is 25.5 Å². The fraction of sp³-hybridized carbons (Fsp3) is 0.625. The van der Waals surface area contributed by atoms with Gasteiger partial charge in [0.1, 0.15) is 11.6 Å².